The second-order valence-electron chi connectivity index (χ2n) is 6.22. The molecule has 0 saturated carbocycles. The molecule has 1 aliphatic rings. The third-order valence-corrected chi connectivity index (χ3v) is 4.84. The maximum absolute atomic E-state index is 12.3. The fraction of sp³-hybridized carbons (Fsp3) is 0.250. The number of anilines is 1. The molecule has 0 saturated heterocycles. The third-order valence-electron chi connectivity index (χ3n) is 4.34. The summed E-state index contributed by atoms with van der Waals surface area (Å²) >= 11 is 3.48. The molecular weight excluding hydrogens is 396 g/mol. The Kier molecular flexibility index (Phi) is 4.84. The van der Waals surface area contributed by atoms with Crippen LogP contribution < -0.4 is 14.8 Å². The van der Waals surface area contributed by atoms with Crippen LogP contribution in [0.25, 0.3) is 10.9 Å². The zero-order valence-electron chi connectivity index (χ0n) is 14.2. The minimum atomic E-state index is -0.0292. The summed E-state index contributed by atoms with van der Waals surface area (Å²) in [6.07, 6.45) is 3.27. The molecule has 0 atom stereocenters. The van der Waals surface area contributed by atoms with Gasteiger partial charge in [-0.15, -0.1) is 0 Å². The Morgan fingerprint density at radius 3 is 2.81 bits per heavy atom. The van der Waals surface area contributed by atoms with Crippen LogP contribution in [0.1, 0.15) is 12.8 Å². The first kappa shape index (κ1) is 17.0. The standard InChI is InChI=1S/C20H19BrN2O3/c21-15-2-4-17-14(12-15)6-8-23(17)9-7-20(24)22-16-3-5-18-19(13-16)26-11-1-10-25-18/h2-6,8,12-13H,1,7,9-11H2,(H,22,24). The molecular formula is C20H19BrN2O3. The van der Waals surface area contributed by atoms with Crippen LogP contribution in [0.4, 0.5) is 5.69 Å². The lowest BCUT2D eigenvalue weighted by atomic mass is 10.2. The van der Waals surface area contributed by atoms with Gasteiger partial charge in [0, 0.05) is 52.7 Å². The number of aromatic nitrogens is 1. The normalized spacial score (nSPS) is 13.4. The third kappa shape index (κ3) is 3.70. The Bertz CT molecular complexity index is 951. The van der Waals surface area contributed by atoms with Gasteiger partial charge in [-0.05, 0) is 36.4 Å². The quantitative estimate of drug-likeness (QED) is 0.678. The Morgan fingerprint density at radius 1 is 1.08 bits per heavy atom. The Balaban J connectivity index is 1.40. The number of hydrogen-bond donors (Lipinski definition) is 1. The lowest BCUT2D eigenvalue weighted by Crippen LogP contribution is -2.14. The number of amides is 1. The summed E-state index contributed by atoms with van der Waals surface area (Å²) in [7, 11) is 0. The van der Waals surface area contributed by atoms with Crippen LogP contribution in [-0.4, -0.2) is 23.7 Å². The first-order valence-corrected chi connectivity index (χ1v) is 9.42. The number of carbonyl (C=O) groups is 1. The molecule has 1 aromatic heterocycles. The number of ether oxygens (including phenoxy) is 2. The van der Waals surface area contributed by atoms with E-state index in [4.69, 9.17) is 9.47 Å². The monoisotopic (exact) mass is 414 g/mol. The van der Waals surface area contributed by atoms with E-state index in [1.54, 1.807) is 0 Å². The maximum atomic E-state index is 12.3. The van der Waals surface area contributed by atoms with Crippen LogP contribution in [0, 0.1) is 0 Å². The number of rotatable bonds is 4. The van der Waals surface area contributed by atoms with Gasteiger partial charge in [-0.2, -0.15) is 0 Å². The largest absolute Gasteiger partial charge is 0.490 e. The van der Waals surface area contributed by atoms with Gasteiger partial charge in [0.25, 0.3) is 0 Å². The van der Waals surface area contributed by atoms with Crippen molar-refractivity contribution in [2.45, 2.75) is 19.4 Å². The van der Waals surface area contributed by atoms with Crippen LogP contribution in [0.2, 0.25) is 0 Å². The van der Waals surface area contributed by atoms with Crippen molar-refractivity contribution in [3.63, 3.8) is 0 Å². The minimum absolute atomic E-state index is 0.0292. The van der Waals surface area contributed by atoms with Crippen molar-refractivity contribution in [2.75, 3.05) is 18.5 Å². The van der Waals surface area contributed by atoms with Crippen LogP contribution in [0.5, 0.6) is 11.5 Å². The molecule has 0 aliphatic carbocycles. The summed E-state index contributed by atoms with van der Waals surface area (Å²) in [4.78, 5) is 12.3. The van der Waals surface area contributed by atoms with E-state index in [0.29, 0.717) is 31.9 Å². The van der Waals surface area contributed by atoms with Crippen molar-refractivity contribution in [1.29, 1.82) is 0 Å². The highest BCUT2D eigenvalue weighted by Crippen LogP contribution is 2.32. The van der Waals surface area contributed by atoms with Crippen molar-refractivity contribution in [1.82, 2.24) is 4.57 Å². The summed E-state index contributed by atoms with van der Waals surface area (Å²) < 4.78 is 14.4. The Labute approximate surface area is 160 Å². The highest BCUT2D eigenvalue weighted by molar-refractivity contribution is 9.10. The molecule has 0 unspecified atom stereocenters. The second-order valence-corrected chi connectivity index (χ2v) is 7.14. The van der Waals surface area contributed by atoms with Gasteiger partial charge in [0.2, 0.25) is 5.91 Å². The van der Waals surface area contributed by atoms with E-state index in [1.807, 2.05) is 30.5 Å². The van der Waals surface area contributed by atoms with Gasteiger partial charge in [-0.1, -0.05) is 15.9 Å². The summed E-state index contributed by atoms with van der Waals surface area (Å²) in [6.45, 7) is 1.91. The topological polar surface area (TPSA) is 52.5 Å². The predicted octanol–water partition coefficient (Wildman–Crippen LogP) is 4.59. The van der Waals surface area contributed by atoms with Crippen LogP contribution in [0.15, 0.2) is 53.1 Å². The molecule has 2 heterocycles. The van der Waals surface area contributed by atoms with Crippen LogP contribution in [-0.2, 0) is 11.3 Å². The number of aryl methyl sites for hydroxylation is 1. The van der Waals surface area contributed by atoms with Crippen LogP contribution >= 0.6 is 15.9 Å². The molecule has 4 rings (SSSR count). The fourth-order valence-corrected chi connectivity index (χ4v) is 3.43. The number of benzene rings is 2. The fourth-order valence-electron chi connectivity index (χ4n) is 3.05. The van der Waals surface area contributed by atoms with Crippen LogP contribution in [0.3, 0.4) is 0 Å². The lowest BCUT2D eigenvalue weighted by molar-refractivity contribution is -0.116. The van der Waals surface area contributed by atoms with Crippen molar-refractivity contribution >= 4 is 38.4 Å². The number of fused-ring (bicyclic) bond motifs is 2. The van der Waals surface area contributed by atoms with E-state index in [2.05, 4.69) is 44.0 Å². The average molecular weight is 415 g/mol. The van der Waals surface area contributed by atoms with Gasteiger partial charge in [0.15, 0.2) is 11.5 Å². The van der Waals surface area contributed by atoms with Crippen molar-refractivity contribution in [2.24, 2.45) is 0 Å². The minimum Gasteiger partial charge on any atom is -0.490 e. The highest BCUT2D eigenvalue weighted by atomic mass is 79.9. The summed E-state index contributed by atoms with van der Waals surface area (Å²) in [5.41, 5.74) is 1.84. The summed E-state index contributed by atoms with van der Waals surface area (Å²) in [5, 5.41) is 4.09. The molecule has 134 valence electrons. The zero-order valence-corrected chi connectivity index (χ0v) is 15.8. The van der Waals surface area contributed by atoms with E-state index in [9.17, 15) is 4.79 Å². The summed E-state index contributed by atoms with van der Waals surface area (Å²) in [6, 6.07) is 13.7. The van der Waals surface area contributed by atoms with Gasteiger partial charge in [0.1, 0.15) is 0 Å². The first-order chi connectivity index (χ1) is 12.7. The molecule has 0 fully saturated rings. The zero-order chi connectivity index (χ0) is 17.9. The van der Waals surface area contributed by atoms with Gasteiger partial charge in [-0.3, -0.25) is 4.79 Å². The summed E-state index contributed by atoms with van der Waals surface area (Å²) in [5.74, 6) is 1.38. The Morgan fingerprint density at radius 2 is 1.92 bits per heavy atom. The van der Waals surface area contributed by atoms with Crippen molar-refractivity contribution in [3.8, 4) is 11.5 Å². The molecule has 0 spiro atoms. The van der Waals surface area contributed by atoms with E-state index in [-0.39, 0.29) is 5.91 Å². The molecule has 1 amide bonds. The molecule has 2 aromatic carbocycles. The second kappa shape index (κ2) is 7.41. The van der Waals surface area contributed by atoms with Gasteiger partial charge in [-0.25, -0.2) is 0 Å². The average Bonchev–Trinajstić information content (AvgIpc) is 2.87. The smallest absolute Gasteiger partial charge is 0.226 e. The molecule has 0 radical (unpaired) electrons. The first-order valence-electron chi connectivity index (χ1n) is 8.63. The van der Waals surface area contributed by atoms with Crippen molar-refractivity contribution < 1.29 is 14.3 Å². The molecule has 26 heavy (non-hydrogen) atoms. The predicted molar refractivity (Wildman–Crippen MR) is 105 cm³/mol. The van der Waals surface area contributed by atoms with Gasteiger partial charge < -0.3 is 19.4 Å². The molecule has 5 nitrogen and oxygen atoms in total. The molecule has 3 aromatic rings. The Hall–Kier alpha value is -2.47. The highest BCUT2D eigenvalue weighted by Gasteiger charge is 2.12. The number of halogens is 1. The maximum Gasteiger partial charge on any atom is 0.226 e. The van der Waals surface area contributed by atoms with E-state index >= 15 is 0 Å². The van der Waals surface area contributed by atoms with Gasteiger partial charge >= 0.3 is 0 Å². The molecule has 0 bridgehead atoms. The van der Waals surface area contributed by atoms with Crippen molar-refractivity contribution in [3.05, 3.63) is 53.1 Å². The molecule has 1 N–H and O–H groups in total. The number of carbonyl (C=O) groups excluding carboxylic acids is 1. The molecule has 1 aliphatic heterocycles. The number of nitrogens with zero attached hydrogens (tertiary/aromatic N) is 1. The van der Waals surface area contributed by atoms with E-state index in [1.165, 1.54) is 0 Å². The van der Waals surface area contributed by atoms with Gasteiger partial charge in [0.05, 0.1) is 13.2 Å². The van der Waals surface area contributed by atoms with E-state index in [0.717, 1.165) is 33.2 Å². The molecule has 6 heteroatoms. The number of nitrogens with one attached hydrogen (secondary N) is 1. The SMILES string of the molecule is O=C(CCn1ccc2cc(Br)ccc21)Nc1ccc2c(c1)OCCCO2. The number of hydrogen-bond acceptors (Lipinski definition) is 3. The van der Waals surface area contributed by atoms with E-state index < -0.39 is 0 Å². The lowest BCUT2D eigenvalue weighted by Gasteiger charge is -2.11.